The highest BCUT2D eigenvalue weighted by Gasteiger charge is 2.42. The van der Waals surface area contributed by atoms with Crippen LogP contribution in [0.5, 0.6) is 11.5 Å². The van der Waals surface area contributed by atoms with Gasteiger partial charge in [-0.3, -0.25) is 9.59 Å². The van der Waals surface area contributed by atoms with Gasteiger partial charge in [0.1, 0.15) is 0 Å². The molecule has 1 aliphatic carbocycles. The van der Waals surface area contributed by atoms with E-state index in [0.29, 0.717) is 31.1 Å². The summed E-state index contributed by atoms with van der Waals surface area (Å²) in [6.07, 6.45) is 4.36. The van der Waals surface area contributed by atoms with Crippen LogP contribution in [0.2, 0.25) is 0 Å². The fraction of sp³-hybridized carbons (Fsp3) is 0.407. The van der Waals surface area contributed by atoms with Crippen LogP contribution in [0.25, 0.3) is 6.08 Å². The van der Waals surface area contributed by atoms with Gasteiger partial charge in [0.25, 0.3) is 5.91 Å². The first-order chi connectivity index (χ1) is 16.5. The third-order valence-corrected chi connectivity index (χ3v) is 7.93. The lowest BCUT2D eigenvalue weighted by atomic mass is 9.83. The maximum Gasteiger partial charge on any atom is 0.260 e. The number of carbonyl (C=O) groups is 2. The number of hydrogen-bond donors (Lipinski definition) is 1. The zero-order chi connectivity index (χ0) is 24.1. The van der Waals surface area contributed by atoms with E-state index in [4.69, 9.17) is 9.47 Å². The Kier molecular flexibility index (Phi) is 7.83. The van der Waals surface area contributed by atoms with E-state index in [-0.39, 0.29) is 29.0 Å². The molecule has 1 heterocycles. The lowest BCUT2D eigenvalue weighted by Crippen LogP contribution is -2.52. The van der Waals surface area contributed by atoms with Crippen LogP contribution in [0.4, 0.5) is 0 Å². The Balaban J connectivity index is 1.41. The van der Waals surface area contributed by atoms with Gasteiger partial charge in [-0.05, 0) is 55.5 Å². The first kappa shape index (κ1) is 24.2. The fourth-order valence-corrected chi connectivity index (χ4v) is 6.15. The van der Waals surface area contributed by atoms with Crippen LogP contribution in [0, 0.1) is 5.92 Å². The molecule has 7 heteroatoms. The summed E-state index contributed by atoms with van der Waals surface area (Å²) < 4.78 is 11.0. The summed E-state index contributed by atoms with van der Waals surface area (Å²) in [7, 11) is 3.47. The van der Waals surface area contributed by atoms with Crippen molar-refractivity contribution in [3.63, 3.8) is 0 Å². The van der Waals surface area contributed by atoms with Gasteiger partial charge in [0.05, 0.1) is 18.6 Å². The number of likely N-dealkylation sites (N-methyl/N-ethyl adjacent to an activating group) is 1. The summed E-state index contributed by atoms with van der Waals surface area (Å²) in [5.74, 6) is 1.36. The number of carbonyl (C=O) groups excluding carboxylic acids is 2. The van der Waals surface area contributed by atoms with Gasteiger partial charge in [0.15, 0.2) is 11.5 Å². The second-order valence-electron chi connectivity index (χ2n) is 8.70. The summed E-state index contributed by atoms with van der Waals surface area (Å²) in [6.45, 7) is 3.02. The van der Waals surface area contributed by atoms with Crippen LogP contribution >= 0.6 is 11.8 Å². The summed E-state index contributed by atoms with van der Waals surface area (Å²) >= 11 is 1.64. The van der Waals surface area contributed by atoms with Gasteiger partial charge in [-0.2, -0.15) is 0 Å². The van der Waals surface area contributed by atoms with Gasteiger partial charge >= 0.3 is 0 Å². The summed E-state index contributed by atoms with van der Waals surface area (Å²) in [4.78, 5) is 28.5. The minimum Gasteiger partial charge on any atom is -0.493 e. The van der Waals surface area contributed by atoms with Crippen LogP contribution in [-0.4, -0.2) is 48.8 Å². The molecule has 2 amide bonds. The average molecular weight is 481 g/mol. The first-order valence-corrected chi connectivity index (χ1v) is 12.7. The molecule has 4 rings (SSSR count). The maximum atomic E-state index is 13.2. The second-order valence-corrected chi connectivity index (χ2v) is 9.99. The van der Waals surface area contributed by atoms with Crippen molar-refractivity contribution in [2.24, 2.45) is 5.92 Å². The van der Waals surface area contributed by atoms with Crippen LogP contribution in [0.3, 0.4) is 0 Å². The smallest absolute Gasteiger partial charge is 0.260 e. The molecule has 1 N–H and O–H groups in total. The summed E-state index contributed by atoms with van der Waals surface area (Å²) in [5, 5.41) is 3.36. The average Bonchev–Trinajstić information content (AvgIpc) is 2.87. The fourth-order valence-electron chi connectivity index (χ4n) is 4.67. The number of methoxy groups -OCH3 is 1. The van der Waals surface area contributed by atoms with E-state index < -0.39 is 0 Å². The molecule has 180 valence electrons. The van der Waals surface area contributed by atoms with Crippen molar-refractivity contribution in [3.8, 4) is 11.5 Å². The van der Waals surface area contributed by atoms with Gasteiger partial charge in [-0.15, -0.1) is 11.8 Å². The molecule has 3 atom stereocenters. The molecule has 2 aromatic rings. The molecule has 1 saturated heterocycles. The minimum atomic E-state index is -0.0679. The van der Waals surface area contributed by atoms with E-state index in [1.807, 2.05) is 73.5 Å². The highest BCUT2D eigenvalue weighted by Crippen LogP contribution is 2.43. The SMILES string of the molecule is CCOc1ccc(/C=C2/SC3CCC(C(=O)NCc4ccccc4)CC3N(C)C2=O)cc1OC. The van der Waals surface area contributed by atoms with Crippen LogP contribution in [-0.2, 0) is 16.1 Å². The molecule has 0 aromatic heterocycles. The Morgan fingerprint density at radius 3 is 2.71 bits per heavy atom. The quantitative estimate of drug-likeness (QED) is 0.592. The number of amides is 2. The van der Waals surface area contributed by atoms with Crippen molar-refractivity contribution < 1.29 is 19.1 Å². The number of benzene rings is 2. The molecule has 1 saturated carbocycles. The minimum absolute atomic E-state index is 0.00412. The molecule has 34 heavy (non-hydrogen) atoms. The lowest BCUT2D eigenvalue weighted by molar-refractivity contribution is -0.132. The molecular weight excluding hydrogens is 448 g/mol. The predicted molar refractivity (Wildman–Crippen MR) is 136 cm³/mol. The number of nitrogens with zero attached hydrogens (tertiary/aromatic N) is 1. The molecule has 0 bridgehead atoms. The molecule has 0 radical (unpaired) electrons. The Hall–Kier alpha value is -2.93. The van der Waals surface area contributed by atoms with Crippen molar-refractivity contribution in [1.82, 2.24) is 10.2 Å². The van der Waals surface area contributed by atoms with Gasteiger partial charge in [0.2, 0.25) is 5.91 Å². The number of fused-ring (bicyclic) bond motifs is 1. The maximum absolute atomic E-state index is 13.2. The number of thioether (sulfide) groups is 1. The number of ether oxygens (including phenoxy) is 2. The van der Waals surface area contributed by atoms with Gasteiger partial charge in [0, 0.05) is 30.8 Å². The van der Waals surface area contributed by atoms with Crippen molar-refractivity contribution >= 4 is 29.7 Å². The van der Waals surface area contributed by atoms with E-state index in [2.05, 4.69) is 5.32 Å². The zero-order valence-electron chi connectivity index (χ0n) is 20.0. The summed E-state index contributed by atoms with van der Waals surface area (Å²) in [5.41, 5.74) is 1.99. The third-order valence-electron chi connectivity index (χ3n) is 6.53. The van der Waals surface area contributed by atoms with Crippen LogP contribution < -0.4 is 14.8 Å². The molecule has 1 aliphatic heterocycles. The van der Waals surface area contributed by atoms with E-state index in [9.17, 15) is 9.59 Å². The monoisotopic (exact) mass is 480 g/mol. The van der Waals surface area contributed by atoms with Crippen LogP contribution in [0.15, 0.2) is 53.4 Å². The van der Waals surface area contributed by atoms with Crippen molar-refractivity contribution in [3.05, 3.63) is 64.6 Å². The second kappa shape index (κ2) is 11.0. The Morgan fingerprint density at radius 2 is 1.97 bits per heavy atom. The summed E-state index contributed by atoms with van der Waals surface area (Å²) in [6, 6.07) is 15.7. The van der Waals surface area contributed by atoms with Crippen LogP contribution in [0.1, 0.15) is 37.3 Å². The first-order valence-electron chi connectivity index (χ1n) is 11.8. The standard InChI is InChI=1S/C27H32N2O4S/c1-4-33-22-12-10-19(14-23(22)32-3)15-25-27(31)29(2)21-16-20(11-13-24(21)34-25)26(30)28-17-18-8-6-5-7-9-18/h5-10,12,14-15,20-21,24H,4,11,13,16-17H2,1-3H3,(H,28,30)/b25-15+. The zero-order valence-corrected chi connectivity index (χ0v) is 20.8. The van der Waals surface area contributed by atoms with Gasteiger partial charge in [-0.25, -0.2) is 0 Å². The molecular formula is C27H32N2O4S. The number of nitrogens with one attached hydrogen (secondary N) is 1. The van der Waals surface area contributed by atoms with Crippen molar-refractivity contribution in [2.75, 3.05) is 20.8 Å². The van der Waals surface area contributed by atoms with E-state index in [1.54, 1.807) is 18.9 Å². The largest absolute Gasteiger partial charge is 0.493 e. The Bertz CT molecular complexity index is 1060. The van der Waals surface area contributed by atoms with E-state index in [0.717, 1.165) is 28.9 Å². The molecule has 2 aromatic carbocycles. The molecule has 0 spiro atoms. The molecule has 6 nitrogen and oxygen atoms in total. The number of hydrogen-bond acceptors (Lipinski definition) is 5. The van der Waals surface area contributed by atoms with Crippen molar-refractivity contribution in [1.29, 1.82) is 0 Å². The highest BCUT2D eigenvalue weighted by atomic mass is 32.2. The molecule has 2 fully saturated rings. The lowest BCUT2D eigenvalue weighted by Gasteiger charge is -2.44. The Labute approximate surface area is 205 Å². The van der Waals surface area contributed by atoms with Gasteiger partial charge < -0.3 is 19.7 Å². The topological polar surface area (TPSA) is 67.9 Å². The Morgan fingerprint density at radius 1 is 1.18 bits per heavy atom. The third kappa shape index (κ3) is 5.41. The van der Waals surface area contributed by atoms with Crippen molar-refractivity contribution in [2.45, 2.75) is 44.0 Å². The van der Waals surface area contributed by atoms with E-state index in [1.165, 1.54) is 0 Å². The number of rotatable bonds is 7. The highest BCUT2D eigenvalue weighted by molar-refractivity contribution is 8.04. The predicted octanol–water partition coefficient (Wildman–Crippen LogP) is 4.49. The normalized spacial score (nSPS) is 23.4. The van der Waals surface area contributed by atoms with E-state index >= 15 is 0 Å². The molecule has 3 unspecified atom stereocenters. The van der Waals surface area contributed by atoms with Gasteiger partial charge in [-0.1, -0.05) is 36.4 Å². The molecule has 2 aliphatic rings.